The molecule has 388 valence electrons. The van der Waals surface area contributed by atoms with Crippen LogP contribution in [0.4, 0.5) is 0 Å². The van der Waals surface area contributed by atoms with Crippen LogP contribution < -0.4 is 161 Å². The van der Waals surface area contributed by atoms with Crippen molar-refractivity contribution in [1.29, 1.82) is 0 Å². The van der Waals surface area contributed by atoms with Gasteiger partial charge in [0.1, 0.15) is 0 Å². The molecule has 0 saturated heterocycles. The predicted molar refractivity (Wildman–Crippen MR) is 83.7 cm³/mol. The van der Waals surface area contributed by atoms with Crippen molar-refractivity contribution in [3.63, 3.8) is 0 Å². The van der Waals surface area contributed by atoms with E-state index in [9.17, 15) is 0 Å². The minimum absolute atomic E-state index is 0. The monoisotopic (exact) mass is 1640 g/mol. The van der Waals surface area contributed by atoms with Crippen LogP contribution in [0.25, 0.3) is 0 Å². The van der Waals surface area contributed by atoms with Crippen molar-refractivity contribution in [2.24, 2.45) is 0 Å². The zero-order valence-corrected chi connectivity index (χ0v) is 51.2. The van der Waals surface area contributed by atoms with Crippen molar-refractivity contribution in [3.8, 4) is 0 Å². The molecule has 0 fully saturated rings. The first-order valence-corrected chi connectivity index (χ1v) is 24.1. The van der Waals surface area contributed by atoms with E-state index in [-0.39, 0.29) is 185 Å². The van der Waals surface area contributed by atoms with E-state index in [2.05, 4.69) is 0 Å². The fourth-order valence-electron chi connectivity index (χ4n) is 0. The van der Waals surface area contributed by atoms with Crippen LogP contribution in [0, 0.1) is 0 Å². The number of rotatable bonds is 0. The smallest absolute Gasteiger partial charge is 0.822 e. The van der Waals surface area contributed by atoms with Gasteiger partial charge >= 0.3 is 129 Å². The molecule has 6 radical (unpaired) electrons. The molecular formula is Co3O44P11V3Zr3-15. The van der Waals surface area contributed by atoms with Gasteiger partial charge in [-0.25, -0.2) is 0 Å². The summed E-state index contributed by atoms with van der Waals surface area (Å²) < 4.78 is 94.0. The normalized spacial score (nSPS) is 10.1. The van der Waals surface area contributed by atoms with E-state index in [0.29, 0.717) is 0 Å². The zero-order chi connectivity index (χ0) is 49.5. The average molecular weight is 1650 g/mol. The Morgan fingerprint density at radius 1 is 0.141 bits per heavy atom. The first kappa shape index (κ1) is 134. The molecule has 0 aliphatic carbocycles. The van der Waals surface area contributed by atoms with Crippen LogP contribution in [-0.4, -0.2) is 0 Å². The molecule has 0 aliphatic rings. The van der Waals surface area contributed by atoms with Crippen molar-refractivity contribution < 1.29 is 396 Å². The van der Waals surface area contributed by atoms with Crippen LogP contribution in [0.1, 0.15) is 0 Å². The summed E-state index contributed by atoms with van der Waals surface area (Å²) in [4.78, 5) is 282. The van der Waals surface area contributed by atoms with Gasteiger partial charge in [0.25, 0.3) is 0 Å². The number of hydrogen-bond acceptors (Lipinski definition) is 44. The van der Waals surface area contributed by atoms with E-state index in [4.69, 9.17) is 212 Å². The van der Waals surface area contributed by atoms with E-state index in [1.165, 1.54) is 0 Å². The summed E-state index contributed by atoms with van der Waals surface area (Å²) in [7, 11) is -59.3. The summed E-state index contributed by atoms with van der Waals surface area (Å²) in [6.07, 6.45) is 0. The van der Waals surface area contributed by atoms with E-state index in [0.717, 1.165) is 0 Å². The van der Waals surface area contributed by atoms with Crippen LogP contribution >= 0.6 is 86.0 Å². The maximum Gasteiger partial charge on any atom is 4.00 e. The second kappa shape index (κ2) is 62.7. The first-order chi connectivity index (χ1) is 22.0. The van der Waals surface area contributed by atoms with Crippen molar-refractivity contribution >= 4 is 86.0 Å². The van der Waals surface area contributed by atoms with Gasteiger partial charge in [0.2, 0.25) is 0 Å². The molecule has 44 nitrogen and oxygen atoms in total. The van der Waals surface area contributed by atoms with Gasteiger partial charge in [0.05, 0.1) is 0 Å². The quantitative estimate of drug-likeness (QED) is 0.203. The van der Waals surface area contributed by atoms with Gasteiger partial charge in [-0.15, -0.1) is 0 Å². The van der Waals surface area contributed by atoms with Gasteiger partial charge in [-0.2, -0.15) is 86.0 Å². The van der Waals surface area contributed by atoms with Crippen LogP contribution in [0.15, 0.2) is 0 Å². The molecule has 0 N–H and O–H groups in total. The third-order valence-corrected chi connectivity index (χ3v) is 0. The maximum atomic E-state index is 8.55. The average Bonchev–Trinajstić information content (AvgIpc) is 2.41. The minimum atomic E-state index is -5.39. The summed E-state index contributed by atoms with van der Waals surface area (Å²) >= 11 is 0. The third-order valence-electron chi connectivity index (χ3n) is 0. The van der Waals surface area contributed by atoms with E-state index in [1.807, 2.05) is 0 Å². The molecular weight excluding hydrogens is 1650 g/mol. The molecule has 0 bridgehead atoms. The minimum Gasteiger partial charge on any atom is -0.822 e. The van der Waals surface area contributed by atoms with Crippen molar-refractivity contribution in [1.82, 2.24) is 0 Å². The Bertz CT molecular complexity index is 980. The van der Waals surface area contributed by atoms with Crippen LogP contribution in [0.5, 0.6) is 0 Å². The molecule has 0 aromatic heterocycles. The fourth-order valence-corrected chi connectivity index (χ4v) is 0. The molecule has 0 atom stereocenters. The largest absolute Gasteiger partial charge is 4.00 e. The zero-order valence-electron chi connectivity index (χ0n) is 26.7. The Balaban J connectivity index is -0.0000000182. The Labute approximate surface area is 476 Å². The Morgan fingerprint density at radius 2 is 0.141 bits per heavy atom. The standard InChI is InChI=1S/3Co.11H3O4P.3V.3Zr/c;;;11*1-5(2,3)4;;;;;;/h;;;11*(H3,1,2,3,4);;;;;;/q3*+2;;;;;;;;;;;;;;;3*+4/p-33. The molecule has 0 unspecified atom stereocenters. The maximum absolute atomic E-state index is 8.55. The molecule has 0 saturated carbocycles. The summed E-state index contributed by atoms with van der Waals surface area (Å²) in [5.41, 5.74) is 0. The van der Waals surface area contributed by atoms with Crippen LogP contribution in [0.2, 0.25) is 0 Å². The summed E-state index contributed by atoms with van der Waals surface area (Å²) in [5.74, 6) is 0. The molecule has 0 aromatic carbocycles. The molecule has 0 heterocycles. The van der Waals surface area contributed by atoms with Crippen molar-refractivity contribution in [3.05, 3.63) is 0 Å². The summed E-state index contributed by atoms with van der Waals surface area (Å²) in [5, 5.41) is 0. The van der Waals surface area contributed by atoms with Crippen LogP contribution in [0.3, 0.4) is 0 Å². The molecule has 64 heteroatoms. The number of hydrogen-bond donors (Lipinski definition) is 0. The third kappa shape index (κ3) is 6310. The van der Waals surface area contributed by atoms with E-state index in [1.54, 1.807) is 0 Å². The van der Waals surface area contributed by atoms with E-state index < -0.39 is 86.0 Å². The topological polar surface area (TPSA) is 949 Å². The second-order valence-electron chi connectivity index (χ2n) is 4.92. The van der Waals surface area contributed by atoms with Crippen molar-refractivity contribution in [2.45, 2.75) is 0 Å². The first-order valence-electron chi connectivity index (χ1n) is 8.03. The van der Waals surface area contributed by atoms with Gasteiger partial charge in [-0.05, 0) is 0 Å². The molecule has 0 aliphatic heterocycles. The van der Waals surface area contributed by atoms with Gasteiger partial charge in [-0.3, -0.25) is 0 Å². The molecule has 0 rings (SSSR count). The molecule has 64 heavy (non-hydrogen) atoms. The van der Waals surface area contributed by atoms with Crippen LogP contribution in [-0.2, 0) is 235 Å². The number of phosphoric acid groups is 11. The Hall–Kier alpha value is 7.13. The molecule has 0 aromatic rings. The molecule has 0 spiro atoms. The van der Waals surface area contributed by atoms with Gasteiger partial charge in [0.15, 0.2) is 0 Å². The van der Waals surface area contributed by atoms with Gasteiger partial charge in [0, 0.05) is 55.7 Å². The summed E-state index contributed by atoms with van der Waals surface area (Å²) in [6.45, 7) is 0. The van der Waals surface area contributed by atoms with Gasteiger partial charge in [-0.1, -0.05) is 0 Å². The fraction of sp³-hybridized carbons (Fsp3) is 0. The molecule has 0 amide bonds. The predicted octanol–water partition coefficient (Wildman–Crippen LogP) is -31.1. The summed E-state index contributed by atoms with van der Waals surface area (Å²) in [6, 6.07) is 0. The Kier molecular flexibility index (Phi) is 131. The van der Waals surface area contributed by atoms with Gasteiger partial charge < -0.3 is 212 Å². The van der Waals surface area contributed by atoms with Crippen molar-refractivity contribution in [2.75, 3.05) is 0 Å². The SMILES string of the molecule is O=P([O-])([O-])[O-].O=P([O-])([O-])[O-].O=P([O-])([O-])[O-].O=P([O-])([O-])[O-].O=P([O-])([O-])[O-].O=P([O-])([O-])[O-].O=P([O-])([O-])[O-].O=P([O-])([O-])[O-].O=P([O-])([O-])[O-].O=P([O-])([O-])[O-].O=P([O-])([O-])[O-].[Co+2].[Co+2].[Co+2].[V].[V].[V].[Zr+4].[Zr+4].[Zr+4]. The Morgan fingerprint density at radius 3 is 0.141 bits per heavy atom. The van der Waals surface area contributed by atoms with E-state index >= 15 is 0 Å². The second-order valence-corrected chi connectivity index (χ2v) is 14.8.